The number of nitrogens with one attached hydrogen (secondary N) is 2. The van der Waals surface area contributed by atoms with E-state index in [0.717, 1.165) is 22.8 Å². The zero-order valence-electron chi connectivity index (χ0n) is 16.0. The Morgan fingerprint density at radius 1 is 1.36 bits per heavy atom. The first-order valence-electron chi connectivity index (χ1n) is 9.91. The second kappa shape index (κ2) is 6.73. The zero-order valence-corrected chi connectivity index (χ0v) is 16.8. The number of ether oxygens (including phenoxy) is 1. The van der Waals surface area contributed by atoms with Gasteiger partial charge in [0.1, 0.15) is 6.61 Å². The van der Waals surface area contributed by atoms with E-state index in [0.29, 0.717) is 16.6 Å². The minimum absolute atomic E-state index is 0.262. The Kier molecular flexibility index (Phi) is 4.31. The Labute approximate surface area is 167 Å². The molecule has 4 saturated carbocycles. The summed E-state index contributed by atoms with van der Waals surface area (Å²) >= 11 is 1.56. The topological polar surface area (TPSA) is 109 Å². The molecule has 2 aromatic rings. The second-order valence-corrected chi connectivity index (χ2v) is 9.61. The molecule has 9 heteroatoms. The molecule has 0 radical (unpaired) electrons. The normalized spacial score (nSPS) is 30.4. The summed E-state index contributed by atoms with van der Waals surface area (Å²) in [4.78, 5) is 16.6. The maximum Gasteiger partial charge on any atom is 0.335 e. The Morgan fingerprint density at radius 3 is 2.68 bits per heavy atom. The first kappa shape index (κ1) is 17.9. The van der Waals surface area contributed by atoms with E-state index in [1.807, 2.05) is 0 Å². The van der Waals surface area contributed by atoms with Gasteiger partial charge in [-0.3, -0.25) is 10.1 Å². The van der Waals surface area contributed by atoms with E-state index >= 15 is 0 Å². The van der Waals surface area contributed by atoms with E-state index < -0.39 is 6.03 Å². The highest BCUT2D eigenvalue weighted by molar-refractivity contribution is 7.11. The maximum absolute atomic E-state index is 11.7. The highest BCUT2D eigenvalue weighted by Crippen LogP contribution is 2.60. The maximum atomic E-state index is 11.7. The Bertz CT molecular complexity index is 840. The number of aromatic amines is 1. The molecule has 0 saturated heterocycles. The highest BCUT2D eigenvalue weighted by atomic mass is 32.1. The fourth-order valence-electron chi connectivity index (χ4n) is 5.86. The first-order chi connectivity index (χ1) is 13.5. The van der Waals surface area contributed by atoms with Gasteiger partial charge in [-0.2, -0.15) is 5.10 Å². The smallest absolute Gasteiger partial charge is 0.335 e. The van der Waals surface area contributed by atoms with Crippen LogP contribution in [-0.2, 0) is 12.0 Å². The van der Waals surface area contributed by atoms with Crippen LogP contribution in [0, 0.1) is 17.8 Å². The van der Waals surface area contributed by atoms with Gasteiger partial charge in [0.2, 0.25) is 0 Å². The van der Waals surface area contributed by atoms with Gasteiger partial charge in [0.05, 0.1) is 23.3 Å². The summed E-state index contributed by atoms with van der Waals surface area (Å²) in [5.74, 6) is 8.14. The summed E-state index contributed by atoms with van der Waals surface area (Å²) < 4.78 is 5.92. The monoisotopic (exact) mass is 402 g/mol. The fraction of sp³-hybridized carbons (Fsp3) is 0.632. The van der Waals surface area contributed by atoms with E-state index in [1.165, 1.54) is 51.3 Å². The number of thiazole rings is 1. The summed E-state index contributed by atoms with van der Waals surface area (Å²) in [7, 11) is 1.48. The lowest BCUT2D eigenvalue weighted by molar-refractivity contribution is -0.00711. The van der Waals surface area contributed by atoms with E-state index in [1.54, 1.807) is 17.5 Å². The second-order valence-electron chi connectivity index (χ2n) is 8.79. The van der Waals surface area contributed by atoms with Gasteiger partial charge in [0.15, 0.2) is 0 Å². The molecule has 4 aliphatic rings. The van der Waals surface area contributed by atoms with Crippen LogP contribution in [0.2, 0.25) is 0 Å². The molecule has 8 nitrogen and oxygen atoms in total. The summed E-state index contributed by atoms with van der Waals surface area (Å²) in [6.07, 6.45) is 9.72. The van der Waals surface area contributed by atoms with Gasteiger partial charge in [0.25, 0.3) is 5.19 Å². The van der Waals surface area contributed by atoms with Crippen molar-refractivity contribution in [1.29, 1.82) is 0 Å². The van der Waals surface area contributed by atoms with Gasteiger partial charge in [-0.15, -0.1) is 0 Å². The van der Waals surface area contributed by atoms with Gasteiger partial charge in [-0.1, -0.05) is 11.3 Å². The molecule has 2 amide bonds. The number of hydrogen-bond acceptors (Lipinski definition) is 6. The number of hydrogen-bond donors (Lipinski definition) is 3. The molecule has 4 fully saturated rings. The molecule has 4 aliphatic carbocycles. The number of amides is 2. The van der Waals surface area contributed by atoms with Crippen LogP contribution in [0.3, 0.4) is 0 Å². The Morgan fingerprint density at radius 2 is 2.04 bits per heavy atom. The molecule has 0 spiro atoms. The van der Waals surface area contributed by atoms with Crippen LogP contribution in [0.1, 0.15) is 49.9 Å². The summed E-state index contributed by atoms with van der Waals surface area (Å²) in [6, 6.07) is -0.416. The van der Waals surface area contributed by atoms with Crippen molar-refractivity contribution in [3.8, 4) is 5.19 Å². The number of anilines is 1. The van der Waals surface area contributed by atoms with Crippen LogP contribution in [-0.4, -0.2) is 33.3 Å². The third-order valence-electron chi connectivity index (χ3n) is 6.68. The van der Waals surface area contributed by atoms with Crippen LogP contribution in [0.25, 0.3) is 0 Å². The van der Waals surface area contributed by atoms with Crippen molar-refractivity contribution in [3.05, 3.63) is 23.0 Å². The molecular formula is C19H26N6O2S. The minimum atomic E-state index is -0.416. The quantitative estimate of drug-likeness (QED) is 0.404. The Hall–Kier alpha value is -2.13. The summed E-state index contributed by atoms with van der Waals surface area (Å²) in [5, 5.41) is 13.4. The van der Waals surface area contributed by atoms with Gasteiger partial charge in [-0.25, -0.2) is 15.6 Å². The lowest BCUT2D eigenvalue weighted by atomic mass is 9.49. The molecule has 2 heterocycles. The van der Waals surface area contributed by atoms with E-state index in [2.05, 4.69) is 20.9 Å². The zero-order chi connectivity index (χ0) is 19.3. The lowest BCUT2D eigenvalue weighted by Crippen LogP contribution is -2.48. The molecule has 150 valence electrons. The number of carbonyl (C=O) groups excluding carboxylic acids is 1. The molecule has 0 atom stereocenters. The van der Waals surface area contributed by atoms with Crippen molar-refractivity contribution in [2.45, 2.75) is 50.5 Å². The number of rotatable bonds is 5. The molecule has 4 N–H and O–H groups in total. The van der Waals surface area contributed by atoms with Crippen molar-refractivity contribution >= 4 is 23.1 Å². The molecule has 2 aromatic heterocycles. The van der Waals surface area contributed by atoms with Crippen molar-refractivity contribution in [1.82, 2.24) is 20.2 Å². The molecule has 0 aliphatic heterocycles. The number of carbonyl (C=O) groups is 1. The number of H-pyrrole nitrogens is 1. The van der Waals surface area contributed by atoms with Gasteiger partial charge >= 0.3 is 6.03 Å². The van der Waals surface area contributed by atoms with Gasteiger partial charge < -0.3 is 10.1 Å². The third-order valence-corrected chi connectivity index (χ3v) is 7.44. The van der Waals surface area contributed by atoms with Crippen LogP contribution >= 0.6 is 11.3 Å². The molecule has 6 rings (SSSR count). The minimum Gasteiger partial charge on any atom is -0.463 e. The average molecular weight is 403 g/mol. The third kappa shape index (κ3) is 3.16. The van der Waals surface area contributed by atoms with Crippen LogP contribution in [0.5, 0.6) is 5.19 Å². The predicted molar refractivity (Wildman–Crippen MR) is 106 cm³/mol. The molecular weight excluding hydrogens is 376 g/mol. The van der Waals surface area contributed by atoms with Gasteiger partial charge in [0, 0.05) is 17.8 Å². The van der Waals surface area contributed by atoms with E-state index in [4.69, 9.17) is 15.6 Å². The lowest BCUT2D eigenvalue weighted by Gasteiger charge is -2.56. The van der Waals surface area contributed by atoms with Crippen LogP contribution < -0.4 is 15.9 Å². The number of nitrogens with two attached hydrogens (primary N) is 1. The van der Waals surface area contributed by atoms with E-state index in [-0.39, 0.29) is 12.0 Å². The molecule has 0 unspecified atom stereocenters. The van der Waals surface area contributed by atoms with Crippen molar-refractivity contribution in [3.63, 3.8) is 0 Å². The number of nitrogens with zero attached hydrogens (tertiary/aromatic N) is 3. The number of aromatic nitrogens is 3. The largest absolute Gasteiger partial charge is 0.463 e. The standard InChI is InChI=1S/C19H26N6O2S/c1-25(20)17(26)22-14-8-21-24-15(14)9-27-18-23-16(10-28-18)19-5-11-2-12(6-19)4-13(3-11)7-19/h8,10-13H,2-7,9,20H2,1H3,(H,21,24)(H,22,26). The van der Waals surface area contributed by atoms with E-state index in [9.17, 15) is 4.79 Å². The molecule has 4 bridgehead atoms. The van der Waals surface area contributed by atoms with Crippen LogP contribution in [0.4, 0.5) is 10.5 Å². The molecule has 28 heavy (non-hydrogen) atoms. The summed E-state index contributed by atoms with van der Waals surface area (Å²) in [6.45, 7) is 0.262. The van der Waals surface area contributed by atoms with Crippen LogP contribution in [0.15, 0.2) is 11.6 Å². The highest BCUT2D eigenvalue weighted by Gasteiger charge is 2.52. The summed E-state index contributed by atoms with van der Waals surface area (Å²) in [5.41, 5.74) is 2.75. The average Bonchev–Trinajstić information content (AvgIpc) is 3.28. The Balaban J connectivity index is 1.26. The first-order valence-corrected chi connectivity index (χ1v) is 10.8. The van der Waals surface area contributed by atoms with Crippen molar-refractivity contribution in [2.75, 3.05) is 12.4 Å². The van der Waals surface area contributed by atoms with Crippen molar-refractivity contribution in [2.24, 2.45) is 23.6 Å². The molecule has 0 aromatic carbocycles. The fourth-order valence-corrected chi connectivity index (χ4v) is 6.65. The SMILES string of the molecule is CN(N)C(=O)Nc1cn[nH]c1COc1nc(C23CC4CC(CC(C4)C2)C3)cs1. The predicted octanol–water partition coefficient (Wildman–Crippen LogP) is 3.25. The number of urea groups is 1. The van der Waals surface area contributed by atoms with Crippen molar-refractivity contribution < 1.29 is 9.53 Å². The number of hydrazine groups is 1. The van der Waals surface area contributed by atoms with Gasteiger partial charge in [-0.05, 0) is 56.3 Å².